The molecule has 0 aliphatic carbocycles. The van der Waals surface area contributed by atoms with Crippen molar-refractivity contribution in [3.05, 3.63) is 102 Å². The molecule has 1 fully saturated rings. The molecule has 1 aliphatic rings. The summed E-state index contributed by atoms with van der Waals surface area (Å²) in [7, 11) is 0. The third kappa shape index (κ3) is 5.20. The lowest BCUT2D eigenvalue weighted by atomic mass is 9.95. The Hall–Kier alpha value is -3.44. The van der Waals surface area contributed by atoms with Gasteiger partial charge in [-0.2, -0.15) is 0 Å². The topological polar surface area (TPSA) is 50.2 Å². The minimum absolute atomic E-state index is 0.0818. The van der Waals surface area contributed by atoms with E-state index in [0.717, 1.165) is 44.7 Å². The maximum Gasteiger partial charge on any atom is 0.223 e. The standard InChI is InChI=1S/C29H32N4O/c1-22-9-11-23(12-10-22)20-33-27(18-25-6-2-3-8-28(25)33)21-32-16-13-24(14-17-32)29(34)31-19-26-7-4-5-15-30-26/h2-12,15,18,24H,13-14,16-17,19-21H2,1H3,(H,31,34). The Kier molecular flexibility index (Phi) is 6.72. The summed E-state index contributed by atoms with van der Waals surface area (Å²) >= 11 is 0. The first-order valence-electron chi connectivity index (χ1n) is 12.2. The molecule has 34 heavy (non-hydrogen) atoms. The number of nitrogens with one attached hydrogen (secondary N) is 1. The number of amides is 1. The molecule has 0 atom stereocenters. The summed E-state index contributed by atoms with van der Waals surface area (Å²) in [6, 6.07) is 25.6. The van der Waals surface area contributed by atoms with E-state index in [1.165, 1.54) is 27.7 Å². The van der Waals surface area contributed by atoms with Crippen molar-refractivity contribution in [2.24, 2.45) is 5.92 Å². The molecule has 3 heterocycles. The highest BCUT2D eigenvalue weighted by Crippen LogP contribution is 2.25. The van der Waals surface area contributed by atoms with Gasteiger partial charge in [-0.3, -0.25) is 14.7 Å². The quantitative estimate of drug-likeness (QED) is 0.433. The van der Waals surface area contributed by atoms with E-state index in [0.29, 0.717) is 6.54 Å². The highest BCUT2D eigenvalue weighted by Gasteiger charge is 2.25. The van der Waals surface area contributed by atoms with Gasteiger partial charge in [0, 0.05) is 36.4 Å². The predicted octanol–water partition coefficient (Wildman–Crippen LogP) is 4.92. The lowest BCUT2D eigenvalue weighted by Crippen LogP contribution is -2.40. The molecule has 1 amide bonds. The molecule has 5 rings (SSSR count). The molecular formula is C29H32N4O. The van der Waals surface area contributed by atoms with Crippen LogP contribution in [0.25, 0.3) is 10.9 Å². The minimum Gasteiger partial charge on any atom is -0.350 e. The monoisotopic (exact) mass is 452 g/mol. The number of carbonyl (C=O) groups is 1. The van der Waals surface area contributed by atoms with Crippen LogP contribution in [0.5, 0.6) is 0 Å². The number of hydrogen-bond acceptors (Lipinski definition) is 3. The second-order valence-corrected chi connectivity index (χ2v) is 9.36. The molecule has 2 aromatic heterocycles. The number of likely N-dealkylation sites (tertiary alicyclic amines) is 1. The van der Waals surface area contributed by atoms with Gasteiger partial charge in [0.05, 0.1) is 12.2 Å². The van der Waals surface area contributed by atoms with Gasteiger partial charge < -0.3 is 9.88 Å². The van der Waals surface area contributed by atoms with Crippen LogP contribution in [-0.4, -0.2) is 33.4 Å². The van der Waals surface area contributed by atoms with Gasteiger partial charge in [-0.05, 0) is 68.1 Å². The summed E-state index contributed by atoms with van der Waals surface area (Å²) in [4.78, 5) is 19.5. The minimum atomic E-state index is 0.0818. The smallest absolute Gasteiger partial charge is 0.223 e. The molecule has 5 heteroatoms. The van der Waals surface area contributed by atoms with Crippen LogP contribution in [0.3, 0.4) is 0 Å². The van der Waals surface area contributed by atoms with E-state index >= 15 is 0 Å². The number of carbonyl (C=O) groups excluding carboxylic acids is 1. The Labute approximate surface area is 201 Å². The van der Waals surface area contributed by atoms with Gasteiger partial charge in [-0.15, -0.1) is 0 Å². The van der Waals surface area contributed by atoms with Crippen LogP contribution in [0, 0.1) is 12.8 Å². The van der Waals surface area contributed by atoms with Crippen molar-refractivity contribution < 1.29 is 4.79 Å². The Morgan fingerprint density at radius 2 is 1.74 bits per heavy atom. The molecule has 0 spiro atoms. The third-order valence-electron chi connectivity index (χ3n) is 6.87. The molecule has 2 aromatic carbocycles. The van der Waals surface area contributed by atoms with Crippen molar-refractivity contribution in [2.45, 2.75) is 39.4 Å². The molecule has 5 nitrogen and oxygen atoms in total. The van der Waals surface area contributed by atoms with E-state index in [4.69, 9.17) is 0 Å². The van der Waals surface area contributed by atoms with Crippen molar-refractivity contribution in [1.82, 2.24) is 19.8 Å². The van der Waals surface area contributed by atoms with Crippen LogP contribution in [0.15, 0.2) is 79.0 Å². The SMILES string of the molecule is Cc1ccc(Cn2c(CN3CCC(C(=O)NCc4ccccn4)CC3)cc3ccccc32)cc1. The molecular weight excluding hydrogens is 420 g/mol. The number of para-hydroxylation sites is 1. The van der Waals surface area contributed by atoms with E-state index in [1.807, 2.05) is 18.2 Å². The number of aromatic nitrogens is 2. The molecule has 1 aliphatic heterocycles. The summed E-state index contributed by atoms with van der Waals surface area (Å²) in [6.45, 7) is 6.28. The van der Waals surface area contributed by atoms with Crippen LogP contribution in [-0.2, 0) is 24.4 Å². The number of rotatable bonds is 7. The Bertz CT molecular complexity index is 1240. The number of piperidine rings is 1. The molecule has 4 aromatic rings. The second-order valence-electron chi connectivity index (χ2n) is 9.36. The summed E-state index contributed by atoms with van der Waals surface area (Å²) in [5.41, 5.74) is 6.11. The fraction of sp³-hybridized carbons (Fsp3) is 0.310. The van der Waals surface area contributed by atoms with Gasteiger partial charge in [-0.25, -0.2) is 0 Å². The van der Waals surface area contributed by atoms with Gasteiger partial charge in [-0.1, -0.05) is 54.1 Å². The van der Waals surface area contributed by atoms with Crippen LogP contribution in [0.1, 0.15) is 35.4 Å². The van der Waals surface area contributed by atoms with Crippen LogP contribution in [0.4, 0.5) is 0 Å². The van der Waals surface area contributed by atoms with Crippen LogP contribution < -0.4 is 5.32 Å². The first-order valence-corrected chi connectivity index (χ1v) is 12.2. The fourth-order valence-electron chi connectivity index (χ4n) is 4.87. The van der Waals surface area contributed by atoms with Crippen molar-refractivity contribution in [2.75, 3.05) is 13.1 Å². The zero-order chi connectivity index (χ0) is 23.3. The number of fused-ring (bicyclic) bond motifs is 1. The lowest BCUT2D eigenvalue weighted by Gasteiger charge is -2.31. The third-order valence-corrected chi connectivity index (χ3v) is 6.87. The number of pyridine rings is 1. The Balaban J connectivity index is 1.23. The summed E-state index contributed by atoms with van der Waals surface area (Å²) in [5.74, 6) is 0.233. The zero-order valence-electron chi connectivity index (χ0n) is 19.8. The largest absolute Gasteiger partial charge is 0.350 e. The molecule has 0 bridgehead atoms. The van der Waals surface area contributed by atoms with Gasteiger partial charge in [0.15, 0.2) is 0 Å². The van der Waals surface area contributed by atoms with Crippen molar-refractivity contribution in [1.29, 1.82) is 0 Å². The molecule has 174 valence electrons. The second kappa shape index (κ2) is 10.2. The van der Waals surface area contributed by atoms with Gasteiger partial charge >= 0.3 is 0 Å². The van der Waals surface area contributed by atoms with E-state index in [-0.39, 0.29) is 11.8 Å². The first kappa shape index (κ1) is 22.4. The number of hydrogen-bond donors (Lipinski definition) is 1. The zero-order valence-corrected chi connectivity index (χ0v) is 19.8. The summed E-state index contributed by atoms with van der Waals surface area (Å²) in [5, 5.41) is 4.35. The molecule has 0 radical (unpaired) electrons. The number of benzene rings is 2. The van der Waals surface area contributed by atoms with Gasteiger partial charge in [0.2, 0.25) is 5.91 Å². The average molecular weight is 453 g/mol. The van der Waals surface area contributed by atoms with Gasteiger partial charge in [0.1, 0.15) is 0 Å². The summed E-state index contributed by atoms with van der Waals surface area (Å²) in [6.07, 6.45) is 3.55. The number of aryl methyl sites for hydroxylation is 1. The van der Waals surface area contributed by atoms with E-state index in [2.05, 4.69) is 81.3 Å². The Morgan fingerprint density at radius 3 is 2.50 bits per heavy atom. The van der Waals surface area contributed by atoms with Gasteiger partial charge in [0.25, 0.3) is 0 Å². The molecule has 1 saturated heterocycles. The van der Waals surface area contributed by atoms with E-state index < -0.39 is 0 Å². The average Bonchev–Trinajstić information content (AvgIpc) is 3.21. The van der Waals surface area contributed by atoms with E-state index in [9.17, 15) is 4.79 Å². The van der Waals surface area contributed by atoms with Crippen molar-refractivity contribution in [3.8, 4) is 0 Å². The number of nitrogens with zero attached hydrogens (tertiary/aromatic N) is 3. The lowest BCUT2D eigenvalue weighted by molar-refractivity contribution is -0.126. The molecule has 0 unspecified atom stereocenters. The maximum absolute atomic E-state index is 12.7. The summed E-state index contributed by atoms with van der Waals surface area (Å²) < 4.78 is 2.45. The predicted molar refractivity (Wildman–Crippen MR) is 136 cm³/mol. The van der Waals surface area contributed by atoms with Crippen LogP contribution >= 0.6 is 0 Å². The maximum atomic E-state index is 12.7. The molecule has 0 saturated carbocycles. The van der Waals surface area contributed by atoms with E-state index in [1.54, 1.807) is 6.20 Å². The first-order chi connectivity index (χ1) is 16.7. The Morgan fingerprint density at radius 1 is 0.971 bits per heavy atom. The highest BCUT2D eigenvalue weighted by atomic mass is 16.1. The normalized spacial score (nSPS) is 15.0. The fourth-order valence-corrected chi connectivity index (χ4v) is 4.87. The van der Waals surface area contributed by atoms with Crippen molar-refractivity contribution >= 4 is 16.8 Å². The molecule has 1 N–H and O–H groups in total. The van der Waals surface area contributed by atoms with Crippen LogP contribution in [0.2, 0.25) is 0 Å². The highest BCUT2D eigenvalue weighted by molar-refractivity contribution is 5.81. The van der Waals surface area contributed by atoms with Crippen molar-refractivity contribution in [3.63, 3.8) is 0 Å².